The van der Waals surface area contributed by atoms with Crippen molar-refractivity contribution < 1.29 is 19.2 Å². The highest BCUT2D eigenvalue weighted by molar-refractivity contribution is 6.35. The highest BCUT2D eigenvalue weighted by Crippen LogP contribution is 2.35. The SMILES string of the molecule is CC[C@H](C(=O)NC1CCCCC1)N(Cc1ccc(Cl)cc1Cl)C(=O)CCN1C(=O)[C@H]2CC=CC[C@H]2C1=O. The number of rotatable bonds is 9. The molecule has 0 spiro atoms. The highest BCUT2D eigenvalue weighted by atomic mass is 35.5. The zero-order valence-electron chi connectivity index (χ0n) is 21.3. The van der Waals surface area contributed by atoms with Crippen molar-refractivity contribution in [3.8, 4) is 0 Å². The maximum atomic E-state index is 13.6. The third-order valence-corrected chi connectivity index (χ3v) is 8.43. The summed E-state index contributed by atoms with van der Waals surface area (Å²) in [6.07, 6.45) is 10.6. The van der Waals surface area contributed by atoms with Crippen LogP contribution in [0.1, 0.15) is 70.3 Å². The largest absolute Gasteiger partial charge is 0.352 e. The molecule has 37 heavy (non-hydrogen) atoms. The van der Waals surface area contributed by atoms with E-state index in [-0.39, 0.29) is 61.0 Å². The summed E-state index contributed by atoms with van der Waals surface area (Å²) in [6.45, 7) is 2.01. The molecular formula is C28H35Cl2N3O4. The minimum atomic E-state index is -0.696. The summed E-state index contributed by atoms with van der Waals surface area (Å²) in [5, 5.41) is 4.04. The van der Waals surface area contributed by atoms with Gasteiger partial charge in [-0.05, 0) is 49.8 Å². The molecule has 1 aromatic rings. The van der Waals surface area contributed by atoms with Crippen LogP contribution in [0.25, 0.3) is 0 Å². The van der Waals surface area contributed by atoms with Crippen LogP contribution in [0.3, 0.4) is 0 Å². The maximum Gasteiger partial charge on any atom is 0.243 e. The van der Waals surface area contributed by atoms with E-state index in [9.17, 15) is 19.2 Å². The lowest BCUT2D eigenvalue weighted by atomic mass is 9.85. The van der Waals surface area contributed by atoms with Gasteiger partial charge in [-0.3, -0.25) is 24.1 Å². The molecule has 0 aromatic heterocycles. The Kier molecular flexibility index (Phi) is 9.30. The standard InChI is InChI=1S/C28H35Cl2N3O4/c1-2-24(26(35)31-20-8-4-3-5-9-20)33(17-18-12-13-19(29)16-23(18)30)25(34)14-15-32-27(36)21-10-6-7-11-22(21)28(32)37/h6-7,12-13,16,20-22,24H,2-5,8-11,14-15,17H2,1H3,(H,31,35)/t21-,22+,24-/m1/s1. The second-order valence-electron chi connectivity index (χ2n) is 10.3. The number of carbonyl (C=O) groups excluding carboxylic acids is 4. The van der Waals surface area contributed by atoms with Crippen LogP contribution in [0.15, 0.2) is 30.4 Å². The van der Waals surface area contributed by atoms with Crippen LogP contribution in [0.5, 0.6) is 0 Å². The molecule has 0 bridgehead atoms. The number of likely N-dealkylation sites (tertiary alicyclic amines) is 1. The van der Waals surface area contributed by atoms with Gasteiger partial charge in [0, 0.05) is 35.6 Å². The predicted molar refractivity (Wildman–Crippen MR) is 143 cm³/mol. The number of hydrogen-bond acceptors (Lipinski definition) is 4. The third-order valence-electron chi connectivity index (χ3n) is 7.84. The predicted octanol–water partition coefficient (Wildman–Crippen LogP) is 4.89. The quantitative estimate of drug-likeness (QED) is 0.352. The molecule has 4 amide bonds. The van der Waals surface area contributed by atoms with Crippen molar-refractivity contribution in [2.24, 2.45) is 11.8 Å². The average molecular weight is 549 g/mol. The number of amides is 4. The Balaban J connectivity index is 1.50. The van der Waals surface area contributed by atoms with Gasteiger partial charge < -0.3 is 10.2 Å². The van der Waals surface area contributed by atoms with Gasteiger partial charge in [-0.2, -0.15) is 0 Å². The van der Waals surface area contributed by atoms with Crippen molar-refractivity contribution in [1.29, 1.82) is 0 Å². The Morgan fingerprint density at radius 2 is 1.70 bits per heavy atom. The first kappa shape index (κ1) is 27.6. The summed E-state index contributed by atoms with van der Waals surface area (Å²) >= 11 is 12.5. The second kappa shape index (κ2) is 12.4. The van der Waals surface area contributed by atoms with Gasteiger partial charge in [0.2, 0.25) is 23.6 Å². The van der Waals surface area contributed by atoms with Crippen LogP contribution in [-0.2, 0) is 25.7 Å². The van der Waals surface area contributed by atoms with Gasteiger partial charge in [0.1, 0.15) is 6.04 Å². The summed E-state index contributed by atoms with van der Waals surface area (Å²) < 4.78 is 0. The van der Waals surface area contributed by atoms with E-state index in [1.807, 2.05) is 19.1 Å². The minimum absolute atomic E-state index is 0.00896. The molecule has 0 radical (unpaired) electrons. The van der Waals surface area contributed by atoms with Crippen molar-refractivity contribution >= 4 is 46.8 Å². The van der Waals surface area contributed by atoms with Gasteiger partial charge in [0.05, 0.1) is 11.8 Å². The van der Waals surface area contributed by atoms with Crippen LogP contribution in [0.4, 0.5) is 0 Å². The van der Waals surface area contributed by atoms with Crippen LogP contribution in [0, 0.1) is 11.8 Å². The molecule has 1 aliphatic heterocycles. The molecule has 1 heterocycles. The molecular weight excluding hydrogens is 513 g/mol. The van der Waals surface area contributed by atoms with E-state index in [1.54, 1.807) is 18.2 Å². The van der Waals surface area contributed by atoms with E-state index in [2.05, 4.69) is 5.32 Å². The van der Waals surface area contributed by atoms with Crippen molar-refractivity contribution in [3.05, 3.63) is 46.0 Å². The van der Waals surface area contributed by atoms with Crippen molar-refractivity contribution in [2.75, 3.05) is 6.54 Å². The van der Waals surface area contributed by atoms with Crippen molar-refractivity contribution in [2.45, 2.75) is 83.3 Å². The molecule has 3 atom stereocenters. The Labute approximate surface area is 228 Å². The molecule has 1 N–H and O–H groups in total. The van der Waals surface area contributed by atoms with Crippen LogP contribution in [-0.4, -0.2) is 52.1 Å². The molecule has 3 aliphatic rings. The number of carbonyl (C=O) groups is 4. The lowest BCUT2D eigenvalue weighted by Gasteiger charge is -2.33. The summed E-state index contributed by atoms with van der Waals surface area (Å²) in [5.41, 5.74) is 0.675. The lowest BCUT2D eigenvalue weighted by Crippen LogP contribution is -2.52. The first-order chi connectivity index (χ1) is 17.8. The maximum absolute atomic E-state index is 13.6. The number of hydrogen-bond donors (Lipinski definition) is 1. The molecule has 7 nitrogen and oxygen atoms in total. The summed E-state index contributed by atoms with van der Waals surface area (Å²) in [5.74, 6) is -1.56. The Hall–Kier alpha value is -2.38. The number of nitrogens with one attached hydrogen (secondary N) is 1. The molecule has 2 fully saturated rings. The van der Waals surface area contributed by atoms with Gasteiger partial charge in [0.25, 0.3) is 0 Å². The number of nitrogens with zero attached hydrogens (tertiary/aromatic N) is 2. The molecule has 2 aliphatic carbocycles. The Bertz CT molecular complexity index is 1040. The van der Waals surface area contributed by atoms with E-state index >= 15 is 0 Å². The number of halogens is 2. The highest BCUT2D eigenvalue weighted by Gasteiger charge is 2.47. The van der Waals surface area contributed by atoms with Crippen LogP contribution in [0.2, 0.25) is 10.0 Å². The average Bonchev–Trinajstić information content (AvgIpc) is 3.13. The van der Waals surface area contributed by atoms with Gasteiger partial charge in [-0.25, -0.2) is 0 Å². The first-order valence-corrected chi connectivity index (χ1v) is 14.1. The fourth-order valence-electron chi connectivity index (χ4n) is 5.74. The number of benzene rings is 1. The van der Waals surface area contributed by atoms with E-state index < -0.39 is 6.04 Å². The second-order valence-corrected chi connectivity index (χ2v) is 11.1. The smallest absolute Gasteiger partial charge is 0.243 e. The van der Waals surface area contributed by atoms with Gasteiger partial charge >= 0.3 is 0 Å². The van der Waals surface area contributed by atoms with E-state index in [1.165, 1.54) is 16.2 Å². The van der Waals surface area contributed by atoms with Gasteiger partial charge in [-0.15, -0.1) is 0 Å². The molecule has 0 unspecified atom stereocenters. The van der Waals surface area contributed by atoms with Gasteiger partial charge in [0.15, 0.2) is 0 Å². The van der Waals surface area contributed by atoms with E-state index in [0.717, 1.165) is 25.7 Å². The monoisotopic (exact) mass is 547 g/mol. The lowest BCUT2D eigenvalue weighted by molar-refractivity contribution is -0.144. The van der Waals surface area contributed by atoms with Crippen LogP contribution < -0.4 is 5.32 Å². The number of imide groups is 1. The van der Waals surface area contributed by atoms with Crippen molar-refractivity contribution in [3.63, 3.8) is 0 Å². The minimum Gasteiger partial charge on any atom is -0.352 e. The molecule has 1 saturated heterocycles. The zero-order chi connectivity index (χ0) is 26.5. The topological polar surface area (TPSA) is 86.8 Å². The van der Waals surface area contributed by atoms with E-state index in [4.69, 9.17) is 23.2 Å². The number of fused-ring (bicyclic) bond motifs is 1. The van der Waals surface area contributed by atoms with Crippen LogP contribution >= 0.6 is 23.2 Å². The first-order valence-electron chi connectivity index (χ1n) is 13.3. The normalized spacial score (nSPS) is 22.6. The Morgan fingerprint density at radius 3 is 2.30 bits per heavy atom. The zero-order valence-corrected chi connectivity index (χ0v) is 22.8. The molecule has 4 rings (SSSR count). The molecule has 1 aromatic carbocycles. The van der Waals surface area contributed by atoms with Gasteiger partial charge in [-0.1, -0.05) is 67.6 Å². The third kappa shape index (κ3) is 6.37. The fourth-order valence-corrected chi connectivity index (χ4v) is 6.21. The summed E-state index contributed by atoms with van der Waals surface area (Å²) in [7, 11) is 0. The Morgan fingerprint density at radius 1 is 1.05 bits per heavy atom. The van der Waals surface area contributed by atoms with E-state index in [0.29, 0.717) is 34.9 Å². The number of allylic oxidation sites excluding steroid dienone is 2. The fraction of sp³-hybridized carbons (Fsp3) is 0.571. The van der Waals surface area contributed by atoms with Crippen molar-refractivity contribution in [1.82, 2.24) is 15.1 Å². The molecule has 1 saturated carbocycles. The molecule has 200 valence electrons. The molecule has 9 heteroatoms. The summed E-state index contributed by atoms with van der Waals surface area (Å²) in [6, 6.07) is 4.48. The summed E-state index contributed by atoms with van der Waals surface area (Å²) in [4.78, 5) is 55.5.